The van der Waals surface area contributed by atoms with Crippen molar-refractivity contribution in [3.8, 4) is 5.75 Å². The van der Waals surface area contributed by atoms with E-state index >= 15 is 0 Å². The number of hydrogen-bond acceptors (Lipinski definition) is 5. The van der Waals surface area contributed by atoms with Crippen LogP contribution in [0.5, 0.6) is 5.75 Å². The summed E-state index contributed by atoms with van der Waals surface area (Å²) in [5.41, 5.74) is 0.252. The van der Waals surface area contributed by atoms with Crippen LogP contribution >= 0.6 is 0 Å². The summed E-state index contributed by atoms with van der Waals surface area (Å²) < 4.78 is 34.9. The molecule has 0 saturated carbocycles. The number of ether oxygens (including phenoxy) is 1. The van der Waals surface area contributed by atoms with Gasteiger partial charge in [-0.25, -0.2) is 12.7 Å². The third kappa shape index (κ3) is 3.29. The van der Waals surface area contributed by atoms with E-state index in [2.05, 4.69) is 5.10 Å². The Morgan fingerprint density at radius 2 is 1.89 bits per heavy atom. The molecule has 3 heterocycles. The first-order valence-corrected chi connectivity index (χ1v) is 10.7. The zero-order valence-corrected chi connectivity index (χ0v) is 16.9. The molecule has 1 aromatic carbocycles. The minimum Gasteiger partial charge on any atom is -0.492 e. The molecule has 1 amide bonds. The second kappa shape index (κ2) is 6.89. The van der Waals surface area contributed by atoms with Crippen LogP contribution in [0.3, 0.4) is 0 Å². The third-order valence-corrected chi connectivity index (χ3v) is 7.54. The summed E-state index contributed by atoms with van der Waals surface area (Å²) in [5, 5.41) is 4.06. The molecule has 0 radical (unpaired) electrons. The van der Waals surface area contributed by atoms with Crippen molar-refractivity contribution in [3.63, 3.8) is 0 Å². The average Bonchev–Trinajstić information content (AvgIpc) is 3.12. The van der Waals surface area contributed by atoms with Gasteiger partial charge in [0, 0.05) is 45.3 Å². The summed E-state index contributed by atoms with van der Waals surface area (Å²) in [6, 6.07) is 6.75. The molecule has 0 unspecified atom stereocenters. The fourth-order valence-corrected chi connectivity index (χ4v) is 5.40. The smallest absolute Gasteiger partial charge is 0.257 e. The standard InChI is InChI=1S/C19H24N4O4S/c1-21-12-15(11-20-21)18(24)23-9-7-19(8-10-23)13-22(2)28(25,26)17-6-4-3-5-16(17)27-14-19/h3-6,11-12H,7-10,13-14H2,1-2H3. The van der Waals surface area contributed by atoms with Crippen LogP contribution in [-0.4, -0.2) is 66.6 Å². The van der Waals surface area contributed by atoms with E-state index in [-0.39, 0.29) is 16.2 Å². The molecule has 150 valence electrons. The molecule has 8 nitrogen and oxygen atoms in total. The van der Waals surface area contributed by atoms with Gasteiger partial charge < -0.3 is 9.64 Å². The van der Waals surface area contributed by atoms with Crippen LogP contribution in [0.4, 0.5) is 0 Å². The van der Waals surface area contributed by atoms with Gasteiger partial charge in [0.15, 0.2) is 0 Å². The van der Waals surface area contributed by atoms with E-state index in [0.29, 0.717) is 50.4 Å². The molecule has 0 atom stereocenters. The van der Waals surface area contributed by atoms with E-state index in [1.165, 1.54) is 4.31 Å². The highest BCUT2D eigenvalue weighted by molar-refractivity contribution is 7.89. The maximum atomic E-state index is 12.9. The van der Waals surface area contributed by atoms with Crippen LogP contribution in [-0.2, 0) is 17.1 Å². The van der Waals surface area contributed by atoms with Gasteiger partial charge in [-0.05, 0) is 25.0 Å². The number of amides is 1. The summed E-state index contributed by atoms with van der Waals surface area (Å²) in [6.07, 6.45) is 4.65. The van der Waals surface area contributed by atoms with Crippen LogP contribution in [0.15, 0.2) is 41.6 Å². The fraction of sp³-hybridized carbons (Fsp3) is 0.474. The maximum Gasteiger partial charge on any atom is 0.257 e. The Balaban J connectivity index is 1.53. The number of carbonyl (C=O) groups excluding carboxylic acids is 1. The third-order valence-electron chi connectivity index (χ3n) is 5.69. The molecule has 1 fully saturated rings. The van der Waals surface area contributed by atoms with Crippen LogP contribution in [0.25, 0.3) is 0 Å². The number of nitrogens with zero attached hydrogens (tertiary/aromatic N) is 4. The van der Waals surface area contributed by atoms with Gasteiger partial charge in [0.1, 0.15) is 10.6 Å². The number of aromatic nitrogens is 2. The van der Waals surface area contributed by atoms with Crippen LogP contribution < -0.4 is 4.74 Å². The summed E-state index contributed by atoms with van der Waals surface area (Å²) in [6.45, 7) is 1.93. The molecule has 1 spiro atoms. The van der Waals surface area contributed by atoms with Gasteiger partial charge in [-0.3, -0.25) is 9.48 Å². The zero-order chi connectivity index (χ0) is 19.9. The normalized spacial score (nSPS) is 21.4. The van der Waals surface area contributed by atoms with Crippen LogP contribution in [0, 0.1) is 5.41 Å². The Morgan fingerprint density at radius 3 is 2.57 bits per heavy atom. The van der Waals surface area contributed by atoms with Gasteiger partial charge >= 0.3 is 0 Å². The molecule has 28 heavy (non-hydrogen) atoms. The van der Waals surface area contributed by atoms with Crippen LogP contribution in [0.2, 0.25) is 0 Å². The highest BCUT2D eigenvalue weighted by atomic mass is 32.2. The summed E-state index contributed by atoms with van der Waals surface area (Å²) >= 11 is 0. The molecule has 1 aromatic heterocycles. The van der Waals surface area contributed by atoms with Gasteiger partial charge in [0.25, 0.3) is 5.91 Å². The Morgan fingerprint density at radius 1 is 1.18 bits per heavy atom. The molecule has 1 saturated heterocycles. The topological polar surface area (TPSA) is 84.7 Å². The number of para-hydroxylation sites is 1. The maximum absolute atomic E-state index is 12.9. The van der Waals surface area contributed by atoms with Gasteiger partial charge in [-0.2, -0.15) is 5.10 Å². The van der Waals surface area contributed by atoms with Crippen molar-refractivity contribution in [3.05, 3.63) is 42.2 Å². The number of likely N-dealkylation sites (tertiary alicyclic amines) is 1. The second-order valence-electron chi connectivity index (χ2n) is 7.69. The van der Waals surface area contributed by atoms with E-state index in [1.54, 1.807) is 55.4 Å². The van der Waals surface area contributed by atoms with E-state index < -0.39 is 10.0 Å². The molecule has 9 heteroatoms. The number of rotatable bonds is 1. The van der Waals surface area contributed by atoms with E-state index in [9.17, 15) is 13.2 Å². The highest BCUT2D eigenvalue weighted by Gasteiger charge is 2.42. The minimum absolute atomic E-state index is 0.0407. The molecule has 2 aromatic rings. The lowest BCUT2D eigenvalue weighted by Crippen LogP contribution is -2.51. The molecule has 2 aliphatic rings. The zero-order valence-electron chi connectivity index (χ0n) is 16.0. The van der Waals surface area contributed by atoms with Crippen molar-refractivity contribution in [1.82, 2.24) is 19.0 Å². The fourth-order valence-electron chi connectivity index (χ4n) is 3.99. The molecule has 2 aliphatic heterocycles. The van der Waals surface area contributed by atoms with Crippen LogP contribution in [0.1, 0.15) is 23.2 Å². The predicted octanol–water partition coefficient (Wildman–Crippen LogP) is 1.36. The van der Waals surface area contributed by atoms with Crippen molar-refractivity contribution in [2.24, 2.45) is 12.5 Å². The lowest BCUT2D eigenvalue weighted by atomic mass is 9.78. The van der Waals surface area contributed by atoms with Crippen molar-refractivity contribution in [1.29, 1.82) is 0 Å². The monoisotopic (exact) mass is 404 g/mol. The number of piperidine rings is 1. The van der Waals surface area contributed by atoms with Gasteiger partial charge in [-0.15, -0.1) is 0 Å². The van der Waals surface area contributed by atoms with Crippen molar-refractivity contribution in [2.75, 3.05) is 33.3 Å². The van der Waals surface area contributed by atoms with E-state index in [1.807, 2.05) is 4.90 Å². The van der Waals surface area contributed by atoms with Crippen molar-refractivity contribution in [2.45, 2.75) is 17.7 Å². The Kier molecular flexibility index (Phi) is 4.67. The number of fused-ring (bicyclic) bond motifs is 1. The molecule has 0 aliphatic carbocycles. The van der Waals surface area contributed by atoms with Crippen molar-refractivity contribution >= 4 is 15.9 Å². The second-order valence-corrected chi connectivity index (χ2v) is 9.70. The lowest BCUT2D eigenvalue weighted by molar-refractivity contribution is 0.0324. The number of sulfonamides is 1. The van der Waals surface area contributed by atoms with Gasteiger partial charge in [0.2, 0.25) is 10.0 Å². The molecule has 4 rings (SSSR count). The minimum atomic E-state index is -3.61. The number of hydrogen-bond donors (Lipinski definition) is 0. The number of aryl methyl sites for hydroxylation is 1. The first kappa shape index (κ1) is 18.9. The predicted molar refractivity (Wildman–Crippen MR) is 103 cm³/mol. The Bertz CT molecular complexity index is 993. The quantitative estimate of drug-likeness (QED) is 0.716. The molecular weight excluding hydrogens is 380 g/mol. The highest BCUT2D eigenvalue weighted by Crippen LogP contribution is 2.38. The summed E-state index contributed by atoms with van der Waals surface area (Å²) in [5.74, 6) is 0.350. The van der Waals surface area contributed by atoms with Crippen molar-refractivity contribution < 1.29 is 17.9 Å². The largest absolute Gasteiger partial charge is 0.492 e. The van der Waals surface area contributed by atoms with E-state index in [0.717, 1.165) is 0 Å². The lowest BCUT2D eigenvalue weighted by Gasteiger charge is -2.44. The summed E-state index contributed by atoms with van der Waals surface area (Å²) in [7, 11) is -0.212. The van der Waals surface area contributed by atoms with E-state index in [4.69, 9.17) is 4.74 Å². The van der Waals surface area contributed by atoms with Gasteiger partial charge in [-0.1, -0.05) is 12.1 Å². The first-order chi connectivity index (χ1) is 13.3. The molecular formula is C19H24N4O4S. The average molecular weight is 404 g/mol. The Hall–Kier alpha value is -2.39. The Labute approximate surface area is 164 Å². The molecule has 0 N–H and O–H groups in total. The SMILES string of the molecule is CN1CC2(CCN(C(=O)c3cnn(C)c3)CC2)COc2ccccc2S1(=O)=O. The number of benzene rings is 1. The first-order valence-electron chi connectivity index (χ1n) is 9.27. The number of carbonyl (C=O) groups is 1. The summed E-state index contributed by atoms with van der Waals surface area (Å²) in [4.78, 5) is 14.7. The molecule has 0 bridgehead atoms. The van der Waals surface area contributed by atoms with Gasteiger partial charge in [0.05, 0.1) is 18.4 Å².